The lowest BCUT2D eigenvalue weighted by molar-refractivity contribution is 0.125. The van der Waals surface area contributed by atoms with Crippen molar-refractivity contribution < 1.29 is 9.13 Å². The van der Waals surface area contributed by atoms with Crippen LogP contribution in [0.2, 0.25) is 0 Å². The monoisotopic (exact) mass is 293 g/mol. The molecule has 0 aliphatic rings. The molecule has 0 spiro atoms. The van der Waals surface area contributed by atoms with Crippen LogP contribution in [-0.2, 0) is 11.3 Å². The SMILES string of the molecule is CCCCOCCCn1nnnc1-c1cc(N)cc(F)c1. The van der Waals surface area contributed by atoms with E-state index in [1.54, 1.807) is 10.7 Å². The van der Waals surface area contributed by atoms with Crippen LogP contribution < -0.4 is 5.73 Å². The molecule has 0 saturated heterocycles. The number of nitrogens with two attached hydrogens (primary N) is 1. The number of ether oxygens (including phenoxy) is 1. The standard InChI is InChI=1S/C14H20FN5O/c1-2-3-6-21-7-4-5-20-14(17-18-19-20)11-8-12(15)10-13(16)9-11/h8-10H,2-7,16H2,1H3. The summed E-state index contributed by atoms with van der Waals surface area (Å²) in [6, 6.07) is 4.29. The summed E-state index contributed by atoms with van der Waals surface area (Å²) in [6.45, 7) is 4.18. The molecular weight excluding hydrogens is 273 g/mol. The Balaban J connectivity index is 1.95. The summed E-state index contributed by atoms with van der Waals surface area (Å²) in [5, 5.41) is 11.5. The van der Waals surface area contributed by atoms with Gasteiger partial charge in [0.15, 0.2) is 5.82 Å². The minimum absolute atomic E-state index is 0.349. The van der Waals surface area contributed by atoms with Gasteiger partial charge in [-0.3, -0.25) is 0 Å². The summed E-state index contributed by atoms with van der Waals surface area (Å²) in [5.74, 6) is 0.109. The molecular formula is C14H20FN5O. The molecule has 114 valence electrons. The minimum atomic E-state index is -0.401. The second-order valence-electron chi connectivity index (χ2n) is 4.82. The molecule has 0 unspecified atom stereocenters. The highest BCUT2D eigenvalue weighted by Gasteiger charge is 2.10. The molecule has 6 nitrogen and oxygen atoms in total. The number of hydrogen-bond donors (Lipinski definition) is 1. The zero-order valence-corrected chi connectivity index (χ0v) is 12.1. The molecule has 0 aliphatic carbocycles. The van der Waals surface area contributed by atoms with Gasteiger partial charge in [-0.1, -0.05) is 13.3 Å². The van der Waals surface area contributed by atoms with E-state index >= 15 is 0 Å². The average Bonchev–Trinajstić information content (AvgIpc) is 2.90. The number of aromatic nitrogens is 4. The smallest absolute Gasteiger partial charge is 0.182 e. The highest BCUT2D eigenvalue weighted by atomic mass is 19.1. The summed E-state index contributed by atoms with van der Waals surface area (Å²) < 4.78 is 20.5. The van der Waals surface area contributed by atoms with Gasteiger partial charge in [0.25, 0.3) is 0 Å². The van der Waals surface area contributed by atoms with Crippen LogP contribution in [0.1, 0.15) is 26.2 Å². The summed E-state index contributed by atoms with van der Waals surface area (Å²) in [6.07, 6.45) is 2.99. The second-order valence-corrected chi connectivity index (χ2v) is 4.82. The van der Waals surface area contributed by atoms with Crippen molar-refractivity contribution >= 4 is 5.69 Å². The van der Waals surface area contributed by atoms with Gasteiger partial charge in [-0.2, -0.15) is 0 Å². The van der Waals surface area contributed by atoms with Crippen molar-refractivity contribution in [1.82, 2.24) is 20.2 Å². The Morgan fingerprint density at radius 1 is 1.24 bits per heavy atom. The molecule has 2 N–H and O–H groups in total. The Bertz CT molecular complexity index is 552. The lowest BCUT2D eigenvalue weighted by Gasteiger charge is -2.06. The van der Waals surface area contributed by atoms with Crippen molar-refractivity contribution in [3.05, 3.63) is 24.0 Å². The normalized spacial score (nSPS) is 11.0. The second kappa shape index (κ2) is 7.68. The van der Waals surface area contributed by atoms with Crippen molar-refractivity contribution in [3.63, 3.8) is 0 Å². The quantitative estimate of drug-likeness (QED) is 0.596. The summed E-state index contributed by atoms with van der Waals surface area (Å²) in [4.78, 5) is 0. The molecule has 1 aromatic carbocycles. The Kier molecular flexibility index (Phi) is 5.62. The summed E-state index contributed by atoms with van der Waals surface area (Å²) in [7, 11) is 0. The number of anilines is 1. The number of aryl methyl sites for hydroxylation is 1. The van der Waals surface area contributed by atoms with Gasteiger partial charge in [-0.05, 0) is 41.5 Å². The van der Waals surface area contributed by atoms with E-state index in [4.69, 9.17) is 10.5 Å². The van der Waals surface area contributed by atoms with E-state index in [1.807, 2.05) is 0 Å². The molecule has 0 fully saturated rings. The highest BCUT2D eigenvalue weighted by Crippen LogP contribution is 2.20. The van der Waals surface area contributed by atoms with Crippen molar-refractivity contribution in [1.29, 1.82) is 0 Å². The van der Waals surface area contributed by atoms with Crippen molar-refractivity contribution in [2.45, 2.75) is 32.7 Å². The Morgan fingerprint density at radius 3 is 2.81 bits per heavy atom. The molecule has 0 radical (unpaired) electrons. The number of nitrogen functional groups attached to an aromatic ring is 1. The first kappa shape index (κ1) is 15.4. The summed E-state index contributed by atoms with van der Waals surface area (Å²) >= 11 is 0. The minimum Gasteiger partial charge on any atom is -0.399 e. The summed E-state index contributed by atoms with van der Waals surface area (Å²) in [5.41, 5.74) is 6.57. The zero-order valence-electron chi connectivity index (χ0n) is 12.1. The molecule has 0 bridgehead atoms. The molecule has 0 aliphatic heterocycles. The molecule has 0 amide bonds. The molecule has 2 rings (SSSR count). The first-order valence-corrected chi connectivity index (χ1v) is 7.11. The van der Waals surface area contributed by atoms with Gasteiger partial charge in [-0.25, -0.2) is 9.07 Å². The lowest BCUT2D eigenvalue weighted by atomic mass is 10.2. The molecule has 0 atom stereocenters. The van der Waals surface area contributed by atoms with Crippen molar-refractivity contribution in [2.24, 2.45) is 0 Å². The molecule has 21 heavy (non-hydrogen) atoms. The average molecular weight is 293 g/mol. The molecule has 1 aromatic heterocycles. The third kappa shape index (κ3) is 4.49. The lowest BCUT2D eigenvalue weighted by Crippen LogP contribution is -2.07. The Morgan fingerprint density at radius 2 is 2.05 bits per heavy atom. The fraction of sp³-hybridized carbons (Fsp3) is 0.500. The van der Waals surface area contributed by atoms with Gasteiger partial charge >= 0.3 is 0 Å². The van der Waals surface area contributed by atoms with Crippen LogP contribution in [-0.4, -0.2) is 33.4 Å². The van der Waals surface area contributed by atoms with Crippen LogP contribution >= 0.6 is 0 Å². The maximum absolute atomic E-state index is 13.4. The van der Waals surface area contributed by atoms with Gasteiger partial charge < -0.3 is 10.5 Å². The van der Waals surface area contributed by atoms with Crippen LogP contribution in [0.3, 0.4) is 0 Å². The molecule has 7 heteroatoms. The van der Waals surface area contributed by atoms with Crippen LogP contribution in [0.15, 0.2) is 18.2 Å². The topological polar surface area (TPSA) is 78.8 Å². The first-order chi connectivity index (χ1) is 10.2. The fourth-order valence-electron chi connectivity index (χ4n) is 1.97. The first-order valence-electron chi connectivity index (χ1n) is 7.11. The Hall–Kier alpha value is -2.02. The number of benzene rings is 1. The number of rotatable bonds is 8. The molecule has 1 heterocycles. The Labute approximate surface area is 123 Å². The number of hydrogen-bond acceptors (Lipinski definition) is 5. The van der Waals surface area contributed by atoms with Gasteiger partial charge in [0.1, 0.15) is 5.82 Å². The highest BCUT2D eigenvalue weighted by molar-refractivity contribution is 5.61. The van der Waals surface area contributed by atoms with E-state index in [0.29, 0.717) is 30.2 Å². The molecule has 0 saturated carbocycles. The van der Waals surface area contributed by atoms with E-state index in [1.165, 1.54) is 12.1 Å². The van der Waals surface area contributed by atoms with Crippen LogP contribution in [0.25, 0.3) is 11.4 Å². The van der Waals surface area contributed by atoms with Gasteiger partial charge in [-0.15, -0.1) is 5.10 Å². The third-order valence-electron chi connectivity index (χ3n) is 3.01. The number of unbranched alkanes of at least 4 members (excludes halogenated alkanes) is 1. The van der Waals surface area contributed by atoms with Crippen LogP contribution in [0.4, 0.5) is 10.1 Å². The van der Waals surface area contributed by atoms with Gasteiger partial charge in [0, 0.05) is 31.0 Å². The molecule has 2 aromatic rings. The zero-order chi connectivity index (χ0) is 15.1. The van der Waals surface area contributed by atoms with E-state index < -0.39 is 5.82 Å². The van der Waals surface area contributed by atoms with Crippen LogP contribution in [0.5, 0.6) is 0 Å². The number of nitrogens with zero attached hydrogens (tertiary/aromatic N) is 4. The fourth-order valence-corrected chi connectivity index (χ4v) is 1.97. The third-order valence-corrected chi connectivity index (χ3v) is 3.01. The predicted molar refractivity (Wildman–Crippen MR) is 78.0 cm³/mol. The van der Waals surface area contributed by atoms with Gasteiger partial charge in [0.2, 0.25) is 0 Å². The van der Waals surface area contributed by atoms with Crippen molar-refractivity contribution in [2.75, 3.05) is 18.9 Å². The number of halogens is 1. The van der Waals surface area contributed by atoms with E-state index in [2.05, 4.69) is 22.4 Å². The number of tetrazole rings is 1. The van der Waals surface area contributed by atoms with Crippen LogP contribution in [0, 0.1) is 5.82 Å². The predicted octanol–water partition coefficient (Wildman–Crippen LogP) is 2.27. The maximum atomic E-state index is 13.4. The van der Waals surface area contributed by atoms with E-state index in [9.17, 15) is 4.39 Å². The largest absolute Gasteiger partial charge is 0.399 e. The maximum Gasteiger partial charge on any atom is 0.182 e. The van der Waals surface area contributed by atoms with Gasteiger partial charge in [0.05, 0.1) is 0 Å². The van der Waals surface area contributed by atoms with E-state index in [-0.39, 0.29) is 0 Å². The van der Waals surface area contributed by atoms with Crippen molar-refractivity contribution in [3.8, 4) is 11.4 Å². The van der Waals surface area contributed by atoms with E-state index in [0.717, 1.165) is 25.9 Å².